The lowest BCUT2D eigenvalue weighted by Gasteiger charge is -2.32. The molecule has 0 aliphatic carbocycles. The summed E-state index contributed by atoms with van der Waals surface area (Å²) >= 11 is 0. The van der Waals surface area contributed by atoms with Crippen molar-refractivity contribution in [1.29, 1.82) is 0 Å². The summed E-state index contributed by atoms with van der Waals surface area (Å²) in [4.78, 5) is 14.3. The monoisotopic (exact) mass is 340 g/mol. The minimum Gasteiger partial charge on any atom is -0.354 e. The molecule has 7 nitrogen and oxygen atoms in total. The van der Waals surface area contributed by atoms with Crippen molar-refractivity contribution < 1.29 is 13.2 Å². The minimum absolute atomic E-state index is 0.00846. The van der Waals surface area contributed by atoms with E-state index in [1.54, 1.807) is 7.05 Å². The highest BCUT2D eigenvalue weighted by Crippen LogP contribution is 2.38. The topological polar surface area (TPSA) is 83.4 Å². The first-order valence-electron chi connectivity index (χ1n) is 8.01. The van der Waals surface area contributed by atoms with Crippen LogP contribution in [0.2, 0.25) is 0 Å². The van der Waals surface area contributed by atoms with Crippen LogP contribution in [0.15, 0.2) is 17.2 Å². The predicted molar refractivity (Wildman–Crippen MR) is 86.8 cm³/mol. The third-order valence-corrected chi connectivity index (χ3v) is 6.52. The van der Waals surface area contributed by atoms with Crippen LogP contribution in [0.4, 0.5) is 0 Å². The molecule has 1 aromatic heterocycles. The maximum atomic E-state index is 12.6. The van der Waals surface area contributed by atoms with Crippen molar-refractivity contribution in [3.8, 4) is 0 Å². The first kappa shape index (κ1) is 16.5. The number of fused-ring (bicyclic) bond motifs is 1. The Labute approximate surface area is 137 Å². The molecule has 1 amide bonds. The van der Waals surface area contributed by atoms with Crippen molar-refractivity contribution in [2.75, 3.05) is 26.7 Å². The Morgan fingerprint density at radius 1 is 1.30 bits per heavy atom. The van der Waals surface area contributed by atoms with Crippen molar-refractivity contribution in [3.05, 3.63) is 18.0 Å². The number of sulfonamides is 1. The number of hydrogen-bond acceptors (Lipinski definition) is 4. The van der Waals surface area contributed by atoms with E-state index in [1.165, 1.54) is 23.9 Å². The zero-order chi connectivity index (χ0) is 16.7. The van der Waals surface area contributed by atoms with E-state index in [9.17, 15) is 13.2 Å². The molecular weight excluding hydrogens is 316 g/mol. The Hall–Kier alpha value is -1.38. The number of aromatic nitrogens is 1. The zero-order valence-electron chi connectivity index (χ0n) is 13.6. The van der Waals surface area contributed by atoms with Crippen LogP contribution in [0.3, 0.4) is 0 Å². The van der Waals surface area contributed by atoms with Gasteiger partial charge in [-0.3, -0.25) is 9.69 Å². The summed E-state index contributed by atoms with van der Waals surface area (Å²) in [6.07, 6.45) is 5.84. The molecule has 1 aromatic rings. The van der Waals surface area contributed by atoms with Gasteiger partial charge in [0.15, 0.2) is 0 Å². The highest BCUT2D eigenvalue weighted by molar-refractivity contribution is 7.89. The molecule has 0 saturated carbocycles. The molecule has 23 heavy (non-hydrogen) atoms. The van der Waals surface area contributed by atoms with Crippen LogP contribution in [0, 0.1) is 0 Å². The molecule has 128 valence electrons. The molecule has 0 unspecified atom stereocenters. The Morgan fingerprint density at radius 3 is 2.57 bits per heavy atom. The first-order valence-corrected chi connectivity index (χ1v) is 9.49. The first-order chi connectivity index (χ1) is 10.9. The van der Waals surface area contributed by atoms with Gasteiger partial charge < -0.3 is 9.88 Å². The summed E-state index contributed by atoms with van der Waals surface area (Å²) in [5.41, 5.74) is 0.320. The maximum absolute atomic E-state index is 12.6. The zero-order valence-corrected chi connectivity index (χ0v) is 14.4. The number of hydrogen-bond donors (Lipinski definition) is 2. The number of amides is 1. The van der Waals surface area contributed by atoms with E-state index >= 15 is 0 Å². The second kappa shape index (κ2) is 5.92. The van der Waals surface area contributed by atoms with Gasteiger partial charge in [0.1, 0.15) is 10.6 Å². The molecular formula is C15H24N4O3S. The van der Waals surface area contributed by atoms with Gasteiger partial charge in [0.2, 0.25) is 10.0 Å². The third kappa shape index (κ3) is 2.90. The van der Waals surface area contributed by atoms with Crippen LogP contribution in [-0.2, 0) is 17.1 Å². The fourth-order valence-corrected chi connectivity index (χ4v) is 5.05. The third-order valence-electron chi connectivity index (χ3n) is 5.15. The molecule has 0 spiro atoms. The summed E-state index contributed by atoms with van der Waals surface area (Å²) in [6.45, 7) is 2.57. The van der Waals surface area contributed by atoms with Crippen LogP contribution in [-0.4, -0.2) is 56.0 Å². The average molecular weight is 340 g/mol. The smallest absolute Gasteiger partial charge is 0.267 e. The van der Waals surface area contributed by atoms with Crippen LogP contribution >= 0.6 is 0 Å². The van der Waals surface area contributed by atoms with Gasteiger partial charge in [-0.2, -0.15) is 0 Å². The molecule has 0 bridgehead atoms. The highest BCUT2D eigenvalue weighted by Gasteiger charge is 2.44. The summed E-state index contributed by atoms with van der Waals surface area (Å²) in [5, 5.41) is 2.51. The van der Waals surface area contributed by atoms with Crippen LogP contribution < -0.4 is 10.0 Å². The fraction of sp³-hybridized carbons (Fsp3) is 0.667. The molecule has 2 N–H and O–H groups in total. The van der Waals surface area contributed by atoms with Gasteiger partial charge in [-0.25, -0.2) is 13.1 Å². The minimum atomic E-state index is -3.61. The quantitative estimate of drug-likeness (QED) is 0.807. The van der Waals surface area contributed by atoms with Crippen molar-refractivity contribution >= 4 is 15.9 Å². The molecule has 3 rings (SSSR count). The largest absolute Gasteiger partial charge is 0.354 e. The lowest BCUT2D eigenvalue weighted by Crippen LogP contribution is -2.48. The van der Waals surface area contributed by atoms with Crippen molar-refractivity contribution in [3.63, 3.8) is 0 Å². The van der Waals surface area contributed by atoms with Crippen molar-refractivity contribution in [2.45, 2.75) is 36.1 Å². The van der Waals surface area contributed by atoms with Gasteiger partial charge in [0.05, 0.1) is 0 Å². The predicted octanol–water partition coefficient (Wildman–Crippen LogP) is 0.291. The molecule has 2 aliphatic rings. The summed E-state index contributed by atoms with van der Waals surface area (Å²) < 4.78 is 29.4. The van der Waals surface area contributed by atoms with Crippen LogP contribution in [0.1, 0.15) is 36.2 Å². The number of rotatable bonds is 5. The SMILES string of the molecule is CNC(=O)c1cc(S(=O)(=O)NCC23CCCN2CCC3)cn1C. The fourth-order valence-electron chi connectivity index (χ4n) is 3.86. The van der Waals surface area contributed by atoms with Crippen LogP contribution in [0.25, 0.3) is 0 Å². The van der Waals surface area contributed by atoms with Crippen molar-refractivity contribution in [2.24, 2.45) is 7.05 Å². The van der Waals surface area contributed by atoms with Crippen LogP contribution in [0.5, 0.6) is 0 Å². The number of carbonyl (C=O) groups excluding carboxylic acids is 1. The number of nitrogens with zero attached hydrogens (tertiary/aromatic N) is 2. The Morgan fingerprint density at radius 2 is 1.96 bits per heavy atom. The van der Waals surface area contributed by atoms with Gasteiger partial charge in [-0.05, 0) is 44.8 Å². The van der Waals surface area contributed by atoms with Gasteiger partial charge in [-0.1, -0.05) is 0 Å². The molecule has 2 fully saturated rings. The van der Waals surface area contributed by atoms with Gasteiger partial charge in [0, 0.05) is 32.4 Å². The Bertz CT molecular complexity index is 700. The maximum Gasteiger partial charge on any atom is 0.267 e. The number of carbonyl (C=O) groups is 1. The second-order valence-electron chi connectivity index (χ2n) is 6.49. The molecule has 2 aliphatic heterocycles. The second-order valence-corrected chi connectivity index (χ2v) is 8.26. The van der Waals surface area contributed by atoms with E-state index in [0.29, 0.717) is 12.2 Å². The molecule has 3 heterocycles. The lowest BCUT2D eigenvalue weighted by molar-refractivity contribution is 0.0955. The number of aryl methyl sites for hydroxylation is 1. The average Bonchev–Trinajstić information content (AvgIpc) is 3.18. The standard InChI is InChI=1S/C15H24N4O3S/c1-16-14(20)13-9-12(10-18(13)2)23(21,22)17-11-15-5-3-7-19(15)8-4-6-15/h9-10,17H,3-8,11H2,1-2H3,(H,16,20). The van der Waals surface area contributed by atoms with E-state index in [0.717, 1.165) is 38.8 Å². The Balaban J connectivity index is 1.76. The highest BCUT2D eigenvalue weighted by atomic mass is 32.2. The molecule has 8 heteroatoms. The normalized spacial score (nSPS) is 20.6. The number of nitrogens with one attached hydrogen (secondary N) is 2. The molecule has 0 aromatic carbocycles. The lowest BCUT2D eigenvalue weighted by atomic mass is 9.95. The Kier molecular flexibility index (Phi) is 4.24. The summed E-state index contributed by atoms with van der Waals surface area (Å²) in [5.74, 6) is -0.301. The van der Waals surface area contributed by atoms with E-state index in [2.05, 4.69) is 14.9 Å². The van der Waals surface area contributed by atoms with Crippen molar-refractivity contribution in [1.82, 2.24) is 19.5 Å². The van der Waals surface area contributed by atoms with E-state index in [4.69, 9.17) is 0 Å². The van der Waals surface area contributed by atoms with E-state index in [-0.39, 0.29) is 16.3 Å². The molecule has 0 atom stereocenters. The summed E-state index contributed by atoms with van der Waals surface area (Å²) in [6, 6.07) is 1.42. The van der Waals surface area contributed by atoms with Gasteiger partial charge >= 0.3 is 0 Å². The van der Waals surface area contributed by atoms with E-state index < -0.39 is 10.0 Å². The molecule has 0 radical (unpaired) electrons. The summed E-state index contributed by atoms with van der Waals surface area (Å²) in [7, 11) is -0.424. The van der Waals surface area contributed by atoms with Gasteiger partial charge in [0.25, 0.3) is 5.91 Å². The van der Waals surface area contributed by atoms with Gasteiger partial charge in [-0.15, -0.1) is 0 Å². The molecule has 2 saturated heterocycles. The van der Waals surface area contributed by atoms with E-state index in [1.807, 2.05) is 0 Å².